The van der Waals surface area contributed by atoms with Gasteiger partial charge in [0.1, 0.15) is 0 Å². The number of carbonyl (C=O) groups is 1. The summed E-state index contributed by atoms with van der Waals surface area (Å²) in [4.78, 5) is 10.8. The van der Waals surface area contributed by atoms with Crippen molar-refractivity contribution >= 4 is 17.4 Å². The van der Waals surface area contributed by atoms with Gasteiger partial charge in [0.2, 0.25) is 0 Å². The second kappa shape index (κ2) is 5.16. The van der Waals surface area contributed by atoms with Gasteiger partial charge in [0.25, 0.3) is 0 Å². The van der Waals surface area contributed by atoms with Gasteiger partial charge in [0, 0.05) is 5.57 Å². The van der Waals surface area contributed by atoms with Crippen LogP contribution in [0.2, 0.25) is 0 Å². The fraction of sp³-hybridized carbons (Fsp3) is 0.300. The summed E-state index contributed by atoms with van der Waals surface area (Å²) in [5, 5.41) is -0.298. The minimum atomic E-state index is -4.48. The molecule has 0 aliphatic rings. The third-order valence-corrected chi connectivity index (χ3v) is 1.97. The molecule has 0 aliphatic carbocycles. The molecule has 5 heteroatoms. The number of alkyl halides is 3. The maximum Gasteiger partial charge on any atom is 0.416 e. The van der Waals surface area contributed by atoms with Crippen molar-refractivity contribution in [2.45, 2.75) is 20.0 Å². The zero-order chi connectivity index (χ0) is 12.2. The molecule has 0 amide bonds. The molecular weight excluding hydrogens is 229 g/mol. The Morgan fingerprint density at radius 2 is 1.87 bits per heavy atom. The van der Waals surface area contributed by atoms with E-state index in [1.807, 2.05) is 0 Å². The summed E-state index contributed by atoms with van der Waals surface area (Å²) < 4.78 is 36.8. The largest absolute Gasteiger partial charge is 0.416 e. The molecule has 0 saturated heterocycles. The molecular formula is C10H10ClF3O. The van der Waals surface area contributed by atoms with Crippen molar-refractivity contribution in [2.24, 2.45) is 0 Å². The number of rotatable bonds is 3. The molecule has 0 aromatic rings. The highest BCUT2D eigenvalue weighted by atomic mass is 35.5. The van der Waals surface area contributed by atoms with Crippen LogP contribution in [0.5, 0.6) is 0 Å². The Bertz CT molecular complexity index is 337. The normalized spacial score (nSPS) is 14.0. The summed E-state index contributed by atoms with van der Waals surface area (Å²) in [6, 6.07) is 0. The van der Waals surface area contributed by atoms with Crippen molar-refractivity contribution < 1.29 is 18.0 Å². The van der Waals surface area contributed by atoms with E-state index in [-0.39, 0.29) is 10.6 Å². The van der Waals surface area contributed by atoms with Gasteiger partial charge in [0.15, 0.2) is 5.78 Å². The van der Waals surface area contributed by atoms with Crippen LogP contribution in [0.3, 0.4) is 0 Å². The Kier molecular flexibility index (Phi) is 4.81. The Morgan fingerprint density at radius 3 is 2.13 bits per heavy atom. The van der Waals surface area contributed by atoms with Crippen LogP contribution in [-0.2, 0) is 4.79 Å². The van der Waals surface area contributed by atoms with Crippen molar-refractivity contribution in [3.8, 4) is 0 Å². The van der Waals surface area contributed by atoms with Crippen LogP contribution in [0.15, 0.2) is 34.9 Å². The van der Waals surface area contributed by atoms with Gasteiger partial charge in [0.05, 0.1) is 10.6 Å². The van der Waals surface area contributed by atoms with Crippen LogP contribution in [0.25, 0.3) is 0 Å². The second-order valence-electron chi connectivity index (χ2n) is 2.77. The highest BCUT2D eigenvalue weighted by Gasteiger charge is 2.31. The molecule has 0 rings (SSSR count). The van der Waals surface area contributed by atoms with Gasteiger partial charge in [-0.2, -0.15) is 13.2 Å². The predicted octanol–water partition coefficient (Wildman–Crippen LogP) is 3.76. The summed E-state index contributed by atoms with van der Waals surface area (Å²) in [5.41, 5.74) is -1.05. The summed E-state index contributed by atoms with van der Waals surface area (Å²) in [6.45, 7) is 5.70. The maximum absolute atomic E-state index is 12.3. The van der Waals surface area contributed by atoms with Gasteiger partial charge in [-0.25, -0.2) is 0 Å². The molecule has 84 valence electrons. The van der Waals surface area contributed by atoms with Crippen molar-refractivity contribution in [3.63, 3.8) is 0 Å². The van der Waals surface area contributed by atoms with Gasteiger partial charge < -0.3 is 0 Å². The number of hydrogen-bond donors (Lipinski definition) is 0. The van der Waals surface area contributed by atoms with E-state index in [1.165, 1.54) is 13.8 Å². The van der Waals surface area contributed by atoms with E-state index < -0.39 is 17.5 Å². The number of allylic oxidation sites excluding steroid dienone is 5. The molecule has 0 N–H and O–H groups in total. The lowest BCUT2D eigenvalue weighted by molar-refractivity contribution is -0.113. The lowest BCUT2D eigenvalue weighted by atomic mass is 10.1. The van der Waals surface area contributed by atoms with Gasteiger partial charge in [-0.15, -0.1) is 0 Å². The van der Waals surface area contributed by atoms with Gasteiger partial charge in [-0.05, 0) is 19.9 Å². The van der Waals surface area contributed by atoms with E-state index in [0.717, 1.165) is 6.08 Å². The molecule has 0 fully saturated rings. The number of halogens is 4. The van der Waals surface area contributed by atoms with Crippen LogP contribution >= 0.6 is 11.6 Å². The summed E-state index contributed by atoms with van der Waals surface area (Å²) in [6.07, 6.45) is -2.92. The maximum atomic E-state index is 12.3. The predicted molar refractivity (Wildman–Crippen MR) is 53.6 cm³/mol. The van der Waals surface area contributed by atoms with Crippen LogP contribution in [0.1, 0.15) is 13.8 Å². The zero-order valence-electron chi connectivity index (χ0n) is 8.28. The van der Waals surface area contributed by atoms with Crippen molar-refractivity contribution in [1.29, 1.82) is 0 Å². The van der Waals surface area contributed by atoms with Crippen LogP contribution in [0, 0.1) is 0 Å². The molecule has 0 heterocycles. The van der Waals surface area contributed by atoms with Crippen LogP contribution in [0.4, 0.5) is 13.2 Å². The standard InChI is InChI=1S/C10H10ClF3O/c1-4-8(10(12,13)14)5-9(11)6(2)7(3)15/h4-5H,2H2,1,3H3/b8-4+,9-5+. The SMILES string of the molecule is C=C(C(C)=O)/C(Cl)=C\C(=C/C)C(F)(F)F. The topological polar surface area (TPSA) is 17.1 Å². The van der Waals surface area contributed by atoms with E-state index in [4.69, 9.17) is 11.6 Å². The van der Waals surface area contributed by atoms with Gasteiger partial charge >= 0.3 is 6.18 Å². The van der Waals surface area contributed by atoms with E-state index in [2.05, 4.69) is 6.58 Å². The third-order valence-electron chi connectivity index (χ3n) is 1.63. The molecule has 0 atom stereocenters. The monoisotopic (exact) mass is 238 g/mol. The fourth-order valence-corrected chi connectivity index (χ4v) is 0.971. The summed E-state index contributed by atoms with van der Waals surface area (Å²) in [7, 11) is 0. The molecule has 0 bridgehead atoms. The van der Waals surface area contributed by atoms with E-state index >= 15 is 0 Å². The highest BCUT2D eigenvalue weighted by Crippen LogP contribution is 2.29. The first kappa shape index (κ1) is 14.0. The molecule has 15 heavy (non-hydrogen) atoms. The average molecular weight is 239 g/mol. The molecule has 1 nitrogen and oxygen atoms in total. The fourth-order valence-electron chi connectivity index (χ4n) is 0.721. The minimum absolute atomic E-state index is 0.139. The number of ketones is 1. The molecule has 0 aliphatic heterocycles. The van der Waals surface area contributed by atoms with Crippen molar-refractivity contribution in [3.05, 3.63) is 34.9 Å². The molecule has 0 aromatic carbocycles. The van der Waals surface area contributed by atoms with Gasteiger partial charge in [-0.1, -0.05) is 24.3 Å². The molecule has 0 radical (unpaired) electrons. The molecule has 0 unspecified atom stereocenters. The molecule has 0 spiro atoms. The Labute approximate surface area is 90.9 Å². The molecule has 0 aromatic heterocycles. The van der Waals surface area contributed by atoms with Crippen LogP contribution < -0.4 is 0 Å². The lowest BCUT2D eigenvalue weighted by Crippen LogP contribution is -2.10. The Morgan fingerprint density at radius 1 is 1.40 bits per heavy atom. The minimum Gasteiger partial charge on any atom is -0.294 e. The van der Waals surface area contributed by atoms with Crippen molar-refractivity contribution in [1.82, 2.24) is 0 Å². The third kappa shape index (κ3) is 4.34. The smallest absolute Gasteiger partial charge is 0.294 e. The van der Waals surface area contributed by atoms with Crippen molar-refractivity contribution in [2.75, 3.05) is 0 Å². The van der Waals surface area contributed by atoms with E-state index in [9.17, 15) is 18.0 Å². The number of carbonyl (C=O) groups excluding carboxylic acids is 1. The first-order chi connectivity index (χ1) is 6.70. The average Bonchev–Trinajstić information content (AvgIpc) is 2.10. The first-order valence-electron chi connectivity index (χ1n) is 4.01. The highest BCUT2D eigenvalue weighted by molar-refractivity contribution is 6.35. The lowest BCUT2D eigenvalue weighted by Gasteiger charge is -2.08. The molecule has 0 saturated carbocycles. The Balaban J connectivity index is 5.06. The quantitative estimate of drug-likeness (QED) is 0.540. The number of hydrogen-bond acceptors (Lipinski definition) is 1. The van der Waals surface area contributed by atoms with E-state index in [0.29, 0.717) is 6.08 Å². The first-order valence-corrected chi connectivity index (χ1v) is 4.38. The van der Waals surface area contributed by atoms with E-state index in [1.54, 1.807) is 0 Å². The van der Waals surface area contributed by atoms with Gasteiger partial charge in [-0.3, -0.25) is 4.79 Å². The van der Waals surface area contributed by atoms with Crippen LogP contribution in [-0.4, -0.2) is 12.0 Å². The zero-order valence-corrected chi connectivity index (χ0v) is 9.04. The summed E-state index contributed by atoms with van der Waals surface area (Å²) in [5.74, 6) is -0.464. The number of Topliss-reactive ketones (excluding diaryl/α,β-unsaturated/α-hetero) is 1. The second-order valence-corrected chi connectivity index (χ2v) is 3.18. The summed E-state index contributed by atoms with van der Waals surface area (Å²) >= 11 is 5.51. The Hall–Kier alpha value is -1.03.